The van der Waals surface area contributed by atoms with Gasteiger partial charge >= 0.3 is 0 Å². The first kappa shape index (κ1) is 19.3. The molecule has 1 fully saturated rings. The zero-order valence-corrected chi connectivity index (χ0v) is 17.8. The lowest BCUT2D eigenvalue weighted by atomic mass is 10.1. The van der Waals surface area contributed by atoms with Crippen molar-refractivity contribution in [3.05, 3.63) is 18.3 Å². The average molecular weight is 412 g/mol. The molecule has 2 aliphatic heterocycles. The van der Waals surface area contributed by atoms with Crippen LogP contribution in [0.5, 0.6) is 0 Å². The zero-order valence-electron chi connectivity index (χ0n) is 17.8. The highest BCUT2D eigenvalue weighted by molar-refractivity contribution is 5.98. The quantitative estimate of drug-likeness (QED) is 0.678. The molecule has 30 heavy (non-hydrogen) atoms. The van der Waals surface area contributed by atoms with Gasteiger partial charge in [0.1, 0.15) is 28.2 Å². The number of β-amino-alcohol motifs (C(OH)–C–C–N with tert-alkyl or cyclic N) is 1. The summed E-state index contributed by atoms with van der Waals surface area (Å²) >= 11 is 0. The summed E-state index contributed by atoms with van der Waals surface area (Å²) in [6, 6.07) is 4.33. The maximum absolute atomic E-state index is 10.6. The number of nitrogens with one attached hydrogen (secondary N) is 1. The normalized spacial score (nSPS) is 20.1. The van der Waals surface area contributed by atoms with E-state index in [-0.39, 0.29) is 6.04 Å². The second-order valence-electron chi connectivity index (χ2n) is 8.93. The lowest BCUT2D eigenvalue weighted by Crippen LogP contribution is -2.44. The van der Waals surface area contributed by atoms with Crippen molar-refractivity contribution in [2.24, 2.45) is 0 Å². The van der Waals surface area contributed by atoms with Crippen molar-refractivity contribution < 1.29 is 9.84 Å². The summed E-state index contributed by atoms with van der Waals surface area (Å²) in [4.78, 5) is 9.66. The van der Waals surface area contributed by atoms with Crippen LogP contribution in [-0.4, -0.2) is 74.6 Å². The van der Waals surface area contributed by atoms with Gasteiger partial charge in [-0.15, -0.1) is 0 Å². The predicted octanol–water partition coefficient (Wildman–Crippen LogP) is 2.03. The van der Waals surface area contributed by atoms with Crippen LogP contribution in [0, 0.1) is 0 Å². The maximum Gasteiger partial charge on any atom is 0.139 e. The van der Waals surface area contributed by atoms with E-state index >= 15 is 0 Å². The fraction of sp³-hybridized carbons (Fsp3) is 0.571. The van der Waals surface area contributed by atoms with Gasteiger partial charge in [-0.2, -0.15) is 10.2 Å². The molecule has 0 radical (unpaired) electrons. The lowest BCUT2D eigenvalue weighted by Gasteiger charge is -2.35. The van der Waals surface area contributed by atoms with E-state index in [4.69, 9.17) is 14.8 Å². The molecule has 160 valence electrons. The molecule has 5 rings (SSSR count). The van der Waals surface area contributed by atoms with E-state index in [9.17, 15) is 5.11 Å². The van der Waals surface area contributed by atoms with Crippen molar-refractivity contribution in [1.29, 1.82) is 0 Å². The van der Waals surface area contributed by atoms with Crippen molar-refractivity contribution in [3.63, 3.8) is 0 Å². The third-order valence-corrected chi connectivity index (χ3v) is 5.78. The Kier molecular flexibility index (Phi) is 4.67. The van der Waals surface area contributed by atoms with Crippen molar-refractivity contribution in [3.8, 4) is 11.4 Å². The molecule has 3 aromatic rings. The minimum atomic E-state index is -0.803. The standard InChI is InChI=1S/C21H29N7O2/c1-14-12-30-10-9-27(14)17-11-16-20-19(23-17)18(15-5-6-22-24-15)25-28(20)8-4-7-26(16)13-21(2,3)29/h5-6,11,14,29H,4,7-10,12-13H2,1-3H3,(H,22,24)/t14-/m1/s1. The third-order valence-electron chi connectivity index (χ3n) is 5.78. The van der Waals surface area contributed by atoms with E-state index in [2.05, 4.69) is 37.7 Å². The first-order valence-electron chi connectivity index (χ1n) is 10.6. The molecule has 0 spiro atoms. The number of aromatic nitrogens is 5. The van der Waals surface area contributed by atoms with Gasteiger partial charge in [0.2, 0.25) is 0 Å². The monoisotopic (exact) mass is 411 g/mol. The highest BCUT2D eigenvalue weighted by Crippen LogP contribution is 2.38. The molecular weight excluding hydrogens is 382 g/mol. The highest BCUT2D eigenvalue weighted by Gasteiger charge is 2.29. The first-order chi connectivity index (χ1) is 14.4. The van der Waals surface area contributed by atoms with Crippen LogP contribution in [0.25, 0.3) is 22.4 Å². The van der Waals surface area contributed by atoms with Crippen molar-refractivity contribution in [1.82, 2.24) is 25.0 Å². The molecule has 2 N–H and O–H groups in total. The summed E-state index contributed by atoms with van der Waals surface area (Å²) in [5.41, 5.74) is 3.72. The molecule has 9 nitrogen and oxygen atoms in total. The summed E-state index contributed by atoms with van der Waals surface area (Å²) in [6.45, 7) is 10.3. The summed E-state index contributed by atoms with van der Waals surface area (Å²) in [6.07, 6.45) is 2.76. The topological polar surface area (TPSA) is 95.3 Å². The summed E-state index contributed by atoms with van der Waals surface area (Å²) in [7, 11) is 0. The Morgan fingerprint density at radius 1 is 1.30 bits per heavy atom. The Balaban J connectivity index is 1.73. The van der Waals surface area contributed by atoms with E-state index in [0.29, 0.717) is 19.8 Å². The van der Waals surface area contributed by atoms with Gasteiger partial charge in [-0.3, -0.25) is 9.78 Å². The SMILES string of the molecule is C[C@@H]1COCCN1c1cc2c3c(n1)c(-c1cc[nH]n1)nn3CCCN2CC(C)(C)O. The van der Waals surface area contributed by atoms with Gasteiger partial charge in [-0.05, 0) is 33.3 Å². The second kappa shape index (κ2) is 7.24. The Morgan fingerprint density at radius 2 is 2.17 bits per heavy atom. The molecule has 0 bridgehead atoms. The number of H-pyrrole nitrogens is 1. The predicted molar refractivity (Wildman–Crippen MR) is 116 cm³/mol. The Morgan fingerprint density at radius 3 is 2.90 bits per heavy atom. The third kappa shape index (κ3) is 3.41. The minimum Gasteiger partial charge on any atom is -0.389 e. The number of aryl methyl sites for hydroxylation is 1. The van der Waals surface area contributed by atoms with E-state index in [0.717, 1.165) is 60.0 Å². The van der Waals surface area contributed by atoms with E-state index < -0.39 is 5.60 Å². The van der Waals surface area contributed by atoms with E-state index in [1.54, 1.807) is 6.20 Å². The number of aliphatic hydroxyl groups is 1. The van der Waals surface area contributed by atoms with Gasteiger partial charge in [0.05, 0.1) is 30.5 Å². The van der Waals surface area contributed by atoms with E-state index in [1.807, 2.05) is 19.9 Å². The molecule has 3 aromatic heterocycles. The van der Waals surface area contributed by atoms with Crippen LogP contribution in [-0.2, 0) is 11.3 Å². The second-order valence-corrected chi connectivity index (χ2v) is 8.93. The zero-order chi connectivity index (χ0) is 20.9. The molecule has 0 amide bonds. The molecule has 0 saturated carbocycles. The van der Waals surface area contributed by atoms with Gasteiger partial charge < -0.3 is 19.6 Å². The number of hydrogen-bond acceptors (Lipinski definition) is 7. The Labute approximate surface area is 175 Å². The summed E-state index contributed by atoms with van der Waals surface area (Å²) in [5, 5.41) is 22.7. The highest BCUT2D eigenvalue weighted by atomic mass is 16.5. The first-order valence-corrected chi connectivity index (χ1v) is 10.6. The van der Waals surface area contributed by atoms with Crippen molar-refractivity contribution in [2.45, 2.75) is 45.4 Å². The molecule has 1 saturated heterocycles. The Bertz CT molecular complexity index is 1040. The Hall–Kier alpha value is -2.65. The number of pyridine rings is 1. The van der Waals surface area contributed by atoms with Gasteiger partial charge in [0.15, 0.2) is 0 Å². The van der Waals surface area contributed by atoms with Crippen LogP contribution < -0.4 is 9.80 Å². The van der Waals surface area contributed by atoms with Gasteiger partial charge in [0.25, 0.3) is 0 Å². The molecule has 2 aliphatic rings. The minimum absolute atomic E-state index is 0.244. The van der Waals surface area contributed by atoms with Crippen LogP contribution in [0.4, 0.5) is 11.5 Å². The number of aromatic amines is 1. The molecule has 0 aliphatic carbocycles. The number of morpholine rings is 1. The molecular formula is C21H29N7O2. The van der Waals surface area contributed by atoms with Crippen LogP contribution in [0.3, 0.4) is 0 Å². The number of ether oxygens (including phenoxy) is 1. The maximum atomic E-state index is 10.6. The largest absolute Gasteiger partial charge is 0.389 e. The summed E-state index contributed by atoms with van der Waals surface area (Å²) < 4.78 is 7.69. The van der Waals surface area contributed by atoms with Crippen molar-refractivity contribution in [2.75, 3.05) is 42.6 Å². The number of anilines is 2. The number of hydrogen-bond donors (Lipinski definition) is 2. The average Bonchev–Trinajstić information content (AvgIpc) is 3.30. The van der Waals surface area contributed by atoms with Gasteiger partial charge in [-0.25, -0.2) is 4.98 Å². The number of rotatable bonds is 4. The number of nitrogens with zero attached hydrogens (tertiary/aromatic N) is 6. The molecule has 9 heteroatoms. The van der Waals surface area contributed by atoms with E-state index in [1.165, 1.54) is 0 Å². The van der Waals surface area contributed by atoms with Crippen molar-refractivity contribution >= 4 is 22.5 Å². The van der Waals surface area contributed by atoms with Crippen LogP contribution in [0.2, 0.25) is 0 Å². The molecule has 0 unspecified atom stereocenters. The van der Waals surface area contributed by atoms with Gasteiger partial charge in [0, 0.05) is 38.4 Å². The molecule has 1 atom stereocenters. The van der Waals surface area contributed by atoms with Crippen LogP contribution >= 0.6 is 0 Å². The fourth-order valence-electron chi connectivity index (χ4n) is 4.49. The summed E-state index contributed by atoms with van der Waals surface area (Å²) in [5.74, 6) is 0.923. The van der Waals surface area contributed by atoms with Crippen LogP contribution in [0.1, 0.15) is 27.2 Å². The smallest absolute Gasteiger partial charge is 0.139 e. The molecule has 0 aromatic carbocycles. The van der Waals surface area contributed by atoms with Crippen LogP contribution in [0.15, 0.2) is 18.3 Å². The fourth-order valence-corrected chi connectivity index (χ4v) is 4.49. The molecule has 5 heterocycles. The van der Waals surface area contributed by atoms with Gasteiger partial charge in [-0.1, -0.05) is 0 Å². The lowest BCUT2D eigenvalue weighted by molar-refractivity contribution is 0.0873.